The van der Waals surface area contributed by atoms with Crippen molar-refractivity contribution in [2.45, 2.75) is 44.1 Å². The van der Waals surface area contributed by atoms with E-state index < -0.39 is 21.4 Å². The molecule has 0 aliphatic heterocycles. The molecule has 0 radical (unpaired) electrons. The lowest BCUT2D eigenvalue weighted by molar-refractivity contribution is -0.154. The van der Waals surface area contributed by atoms with Gasteiger partial charge >= 0.3 is 5.97 Å². The molecule has 0 amide bonds. The van der Waals surface area contributed by atoms with Crippen LogP contribution in [0.2, 0.25) is 5.02 Å². The molecule has 0 saturated heterocycles. The first-order chi connectivity index (χ1) is 11.0. The molecule has 0 spiro atoms. The van der Waals surface area contributed by atoms with E-state index in [9.17, 15) is 13.2 Å². The van der Waals surface area contributed by atoms with E-state index in [1.807, 2.05) is 0 Å². The van der Waals surface area contributed by atoms with Gasteiger partial charge in [0.05, 0.1) is 15.7 Å². The fourth-order valence-electron chi connectivity index (χ4n) is 1.88. The molecular formula is C15H21ClN2O5S. The summed E-state index contributed by atoms with van der Waals surface area (Å²) in [5, 5.41) is 11.4. The first kappa shape index (κ1) is 20.2. The first-order valence-electron chi connectivity index (χ1n) is 7.18. The molecule has 1 aromatic carbocycles. The zero-order valence-electron chi connectivity index (χ0n) is 13.7. The summed E-state index contributed by atoms with van der Waals surface area (Å²) >= 11 is 5.98. The van der Waals surface area contributed by atoms with Crippen LogP contribution < -0.4 is 5.73 Å². The van der Waals surface area contributed by atoms with Crippen molar-refractivity contribution < 1.29 is 23.2 Å². The monoisotopic (exact) mass is 376 g/mol. The summed E-state index contributed by atoms with van der Waals surface area (Å²) in [6, 6.07) is 3.98. The highest BCUT2D eigenvalue weighted by Gasteiger charge is 2.21. The predicted molar refractivity (Wildman–Crippen MR) is 91.1 cm³/mol. The van der Waals surface area contributed by atoms with Crippen LogP contribution in [-0.4, -0.2) is 36.8 Å². The molecule has 0 unspecified atom stereocenters. The van der Waals surface area contributed by atoms with Crippen LogP contribution in [0.5, 0.6) is 0 Å². The summed E-state index contributed by atoms with van der Waals surface area (Å²) in [6.07, 6.45) is 0.117. The number of esters is 1. The third kappa shape index (κ3) is 6.01. The molecule has 7 nitrogen and oxygen atoms in total. The maximum Gasteiger partial charge on any atom is 0.306 e. The lowest BCUT2D eigenvalue weighted by Gasteiger charge is -2.19. The number of nitrogens with zero attached hydrogens (tertiary/aromatic N) is 1. The van der Waals surface area contributed by atoms with Crippen LogP contribution in [0.4, 0.5) is 0 Å². The molecule has 3 N–H and O–H groups in total. The van der Waals surface area contributed by atoms with Crippen LogP contribution in [0, 0.1) is 0 Å². The van der Waals surface area contributed by atoms with Crippen molar-refractivity contribution in [1.29, 1.82) is 0 Å². The van der Waals surface area contributed by atoms with Crippen molar-refractivity contribution in [3.05, 3.63) is 28.8 Å². The maximum absolute atomic E-state index is 12.3. The van der Waals surface area contributed by atoms with E-state index in [0.29, 0.717) is 5.56 Å². The molecule has 0 atom stereocenters. The number of rotatable bonds is 6. The van der Waals surface area contributed by atoms with Crippen LogP contribution in [0.1, 0.15) is 39.2 Å². The average molecular weight is 377 g/mol. The van der Waals surface area contributed by atoms with Gasteiger partial charge in [-0.05, 0) is 45.4 Å². The zero-order chi connectivity index (χ0) is 18.5. The highest BCUT2D eigenvalue weighted by molar-refractivity contribution is 7.91. The second-order valence-corrected chi connectivity index (χ2v) is 8.62. The van der Waals surface area contributed by atoms with Gasteiger partial charge in [0, 0.05) is 12.0 Å². The molecule has 0 aliphatic rings. The number of nitrogens with two attached hydrogens (primary N) is 1. The minimum absolute atomic E-state index is 0.00365. The molecule has 0 saturated carbocycles. The molecule has 0 aliphatic carbocycles. The predicted octanol–water partition coefficient (Wildman–Crippen LogP) is 2.33. The Labute approximate surface area is 146 Å². The number of oxime groups is 1. The molecule has 1 rings (SSSR count). The summed E-state index contributed by atoms with van der Waals surface area (Å²) < 4.78 is 29.8. The summed E-state index contributed by atoms with van der Waals surface area (Å²) in [6.45, 7) is 5.22. The minimum Gasteiger partial charge on any atom is -0.460 e. The van der Waals surface area contributed by atoms with E-state index in [1.54, 1.807) is 20.8 Å². The average Bonchev–Trinajstić information content (AvgIpc) is 2.43. The van der Waals surface area contributed by atoms with Gasteiger partial charge in [-0.1, -0.05) is 16.8 Å². The van der Waals surface area contributed by atoms with Crippen molar-refractivity contribution in [3.8, 4) is 0 Å². The number of sulfone groups is 1. The van der Waals surface area contributed by atoms with E-state index in [4.69, 9.17) is 27.3 Å². The maximum atomic E-state index is 12.3. The third-order valence-corrected chi connectivity index (χ3v) is 5.16. The number of benzene rings is 1. The molecule has 134 valence electrons. The van der Waals surface area contributed by atoms with E-state index in [2.05, 4.69) is 5.16 Å². The number of carbonyl (C=O) groups is 1. The van der Waals surface area contributed by atoms with Gasteiger partial charge in [-0.25, -0.2) is 8.42 Å². The second-order valence-electron chi connectivity index (χ2n) is 6.14. The SMILES string of the molecule is CC(C)(C)OC(=O)CCCS(=O)(=O)c1ccc(/C(N)=N/O)cc1Cl. The van der Waals surface area contributed by atoms with Gasteiger partial charge in [-0.2, -0.15) is 0 Å². The Morgan fingerprint density at radius 2 is 2.00 bits per heavy atom. The van der Waals surface area contributed by atoms with Gasteiger partial charge in [-0.3, -0.25) is 4.79 Å². The van der Waals surface area contributed by atoms with E-state index in [1.165, 1.54) is 18.2 Å². The Bertz CT molecular complexity index is 739. The Hall–Kier alpha value is -1.80. The van der Waals surface area contributed by atoms with Gasteiger partial charge in [0.2, 0.25) is 0 Å². The number of hydrogen-bond donors (Lipinski definition) is 2. The fourth-order valence-corrected chi connectivity index (χ4v) is 3.79. The van der Waals surface area contributed by atoms with Crippen molar-refractivity contribution in [2.75, 3.05) is 5.75 Å². The molecule has 0 bridgehead atoms. The Kier molecular flexibility index (Phi) is 6.62. The molecule has 0 heterocycles. The van der Waals surface area contributed by atoms with E-state index >= 15 is 0 Å². The number of halogens is 1. The summed E-state index contributed by atoms with van der Waals surface area (Å²) in [5.74, 6) is -0.869. The Morgan fingerprint density at radius 3 is 2.50 bits per heavy atom. The van der Waals surface area contributed by atoms with Gasteiger partial charge in [0.1, 0.15) is 5.60 Å². The summed E-state index contributed by atoms with van der Waals surface area (Å²) in [7, 11) is -3.66. The van der Waals surface area contributed by atoms with Crippen molar-refractivity contribution in [3.63, 3.8) is 0 Å². The van der Waals surface area contributed by atoms with E-state index in [0.717, 1.165) is 0 Å². The highest BCUT2D eigenvalue weighted by atomic mass is 35.5. The number of amidine groups is 1. The third-order valence-electron chi connectivity index (χ3n) is 2.88. The van der Waals surface area contributed by atoms with Crippen molar-refractivity contribution in [2.24, 2.45) is 10.9 Å². The summed E-state index contributed by atoms with van der Waals surface area (Å²) in [4.78, 5) is 11.5. The van der Waals surface area contributed by atoms with Crippen molar-refractivity contribution in [1.82, 2.24) is 0 Å². The topological polar surface area (TPSA) is 119 Å². The van der Waals surface area contributed by atoms with Crippen LogP contribution in [-0.2, 0) is 19.4 Å². The first-order valence-corrected chi connectivity index (χ1v) is 9.21. The van der Waals surface area contributed by atoms with Gasteiger partial charge in [0.25, 0.3) is 0 Å². The van der Waals surface area contributed by atoms with Gasteiger partial charge in [-0.15, -0.1) is 0 Å². The summed E-state index contributed by atoms with van der Waals surface area (Å²) in [5.41, 5.74) is 5.12. The second kappa shape index (κ2) is 7.85. The van der Waals surface area contributed by atoms with Crippen LogP contribution in [0.15, 0.2) is 28.3 Å². The van der Waals surface area contributed by atoms with Crippen LogP contribution in [0.25, 0.3) is 0 Å². The molecule has 1 aromatic rings. The largest absolute Gasteiger partial charge is 0.460 e. The lowest BCUT2D eigenvalue weighted by atomic mass is 10.2. The fraction of sp³-hybridized carbons (Fsp3) is 0.467. The normalized spacial score (nSPS) is 12.9. The molecule has 9 heteroatoms. The molecule has 0 aromatic heterocycles. The Morgan fingerprint density at radius 1 is 1.38 bits per heavy atom. The van der Waals surface area contributed by atoms with Gasteiger partial charge in [0.15, 0.2) is 15.7 Å². The Balaban J connectivity index is 2.78. The van der Waals surface area contributed by atoms with Crippen LogP contribution >= 0.6 is 11.6 Å². The smallest absolute Gasteiger partial charge is 0.306 e. The number of ether oxygens (including phenoxy) is 1. The lowest BCUT2D eigenvalue weighted by Crippen LogP contribution is -2.24. The van der Waals surface area contributed by atoms with Crippen molar-refractivity contribution >= 4 is 33.2 Å². The standard InChI is InChI=1S/C15H21ClN2O5S/c1-15(2,3)23-13(19)5-4-8-24(21,22)12-7-6-10(9-11(12)16)14(17)18-20/h6-7,9,20H,4-5,8H2,1-3H3,(H2,17,18). The van der Waals surface area contributed by atoms with E-state index in [-0.39, 0.29) is 34.3 Å². The minimum atomic E-state index is -3.66. The quantitative estimate of drug-likeness (QED) is 0.258. The van der Waals surface area contributed by atoms with Crippen LogP contribution in [0.3, 0.4) is 0 Å². The highest BCUT2D eigenvalue weighted by Crippen LogP contribution is 2.24. The number of carbonyl (C=O) groups excluding carboxylic acids is 1. The number of hydrogen-bond acceptors (Lipinski definition) is 6. The molecule has 0 fully saturated rings. The van der Waals surface area contributed by atoms with Gasteiger partial charge < -0.3 is 15.7 Å². The molecular weight excluding hydrogens is 356 g/mol. The molecule has 24 heavy (non-hydrogen) atoms. The zero-order valence-corrected chi connectivity index (χ0v) is 15.3.